The maximum absolute atomic E-state index is 6.48. The number of hydrogen-bond acceptors (Lipinski definition) is 4. The summed E-state index contributed by atoms with van der Waals surface area (Å²) in [5.74, 6) is 0. The summed E-state index contributed by atoms with van der Waals surface area (Å²) in [7, 11) is 0. The number of hydrogen-bond donors (Lipinski definition) is 1. The van der Waals surface area contributed by atoms with Gasteiger partial charge in [-0.25, -0.2) is 4.98 Å². The zero-order valence-corrected chi connectivity index (χ0v) is 11.1. The Kier molecular flexibility index (Phi) is 3.33. The van der Waals surface area contributed by atoms with E-state index in [1.165, 1.54) is 10.6 Å². The molecular weight excluding hydrogens is 220 g/mol. The fourth-order valence-electron chi connectivity index (χ4n) is 2.28. The van der Waals surface area contributed by atoms with Gasteiger partial charge in [-0.3, -0.25) is 0 Å². The molecule has 0 spiro atoms. The Balaban J connectivity index is 2.27. The van der Waals surface area contributed by atoms with Crippen molar-refractivity contribution in [1.82, 2.24) is 4.98 Å². The van der Waals surface area contributed by atoms with Crippen LogP contribution >= 0.6 is 11.3 Å². The van der Waals surface area contributed by atoms with E-state index in [0.717, 1.165) is 30.9 Å². The predicted octanol–water partition coefficient (Wildman–Crippen LogP) is 2.37. The fourth-order valence-corrected chi connectivity index (χ4v) is 3.42. The van der Waals surface area contributed by atoms with Crippen molar-refractivity contribution in [3.05, 3.63) is 15.6 Å². The lowest BCUT2D eigenvalue weighted by molar-refractivity contribution is -0.00895. The molecule has 16 heavy (non-hydrogen) atoms. The lowest BCUT2D eigenvalue weighted by Gasteiger charge is -2.35. The molecule has 1 aliphatic rings. The molecule has 0 radical (unpaired) electrons. The van der Waals surface area contributed by atoms with Gasteiger partial charge in [0, 0.05) is 11.5 Å². The summed E-state index contributed by atoms with van der Waals surface area (Å²) in [6, 6.07) is 0. The number of ether oxygens (including phenoxy) is 1. The summed E-state index contributed by atoms with van der Waals surface area (Å²) in [6.07, 6.45) is 2.99. The normalized spacial score (nSPS) is 30.6. The zero-order chi connectivity index (χ0) is 11.8. The Morgan fingerprint density at radius 1 is 1.62 bits per heavy atom. The Morgan fingerprint density at radius 2 is 2.38 bits per heavy atom. The quantitative estimate of drug-likeness (QED) is 0.863. The highest BCUT2D eigenvalue weighted by atomic mass is 32.1. The topological polar surface area (TPSA) is 48.1 Å². The number of aryl methyl sites for hydroxylation is 2. The number of nitrogens with zero attached hydrogens (tertiary/aromatic N) is 1. The first-order valence-corrected chi connectivity index (χ1v) is 6.74. The third-order valence-electron chi connectivity index (χ3n) is 3.26. The lowest BCUT2D eigenvalue weighted by atomic mass is 9.89. The molecule has 2 atom stereocenters. The van der Waals surface area contributed by atoms with Gasteiger partial charge in [-0.2, -0.15) is 0 Å². The molecule has 3 nitrogen and oxygen atoms in total. The smallest absolute Gasteiger partial charge is 0.113 e. The third kappa shape index (κ3) is 2.14. The lowest BCUT2D eigenvalue weighted by Crippen LogP contribution is -2.44. The van der Waals surface area contributed by atoms with Crippen molar-refractivity contribution in [1.29, 1.82) is 0 Å². The van der Waals surface area contributed by atoms with E-state index in [-0.39, 0.29) is 11.6 Å². The summed E-state index contributed by atoms with van der Waals surface area (Å²) in [4.78, 5) is 6.00. The first kappa shape index (κ1) is 12.0. The van der Waals surface area contributed by atoms with Crippen LogP contribution in [-0.2, 0) is 16.7 Å². The molecule has 2 heterocycles. The Bertz CT molecular complexity index is 377. The van der Waals surface area contributed by atoms with Gasteiger partial charge in [0.1, 0.15) is 5.01 Å². The van der Waals surface area contributed by atoms with E-state index >= 15 is 0 Å². The van der Waals surface area contributed by atoms with Crippen LogP contribution in [0.5, 0.6) is 0 Å². The molecular formula is C12H20N2OS. The van der Waals surface area contributed by atoms with Crippen LogP contribution in [0.4, 0.5) is 0 Å². The minimum absolute atomic E-state index is 0.244. The summed E-state index contributed by atoms with van der Waals surface area (Å²) < 4.78 is 5.55. The number of rotatable bonds is 2. The largest absolute Gasteiger partial charge is 0.378 e. The maximum atomic E-state index is 6.48. The van der Waals surface area contributed by atoms with Crippen LogP contribution in [0.3, 0.4) is 0 Å². The van der Waals surface area contributed by atoms with Crippen molar-refractivity contribution in [3.63, 3.8) is 0 Å². The molecule has 0 amide bonds. The average molecular weight is 240 g/mol. The summed E-state index contributed by atoms with van der Waals surface area (Å²) in [5, 5.41) is 1.09. The van der Waals surface area contributed by atoms with Crippen LogP contribution in [0.15, 0.2) is 0 Å². The zero-order valence-electron chi connectivity index (χ0n) is 10.2. The van der Waals surface area contributed by atoms with Crippen LogP contribution in [0.2, 0.25) is 0 Å². The first-order chi connectivity index (χ1) is 7.55. The second kappa shape index (κ2) is 4.43. The third-order valence-corrected chi connectivity index (χ3v) is 4.49. The van der Waals surface area contributed by atoms with Crippen LogP contribution in [0.1, 0.15) is 42.3 Å². The van der Waals surface area contributed by atoms with Crippen molar-refractivity contribution in [2.24, 2.45) is 5.73 Å². The molecule has 1 aliphatic heterocycles. The van der Waals surface area contributed by atoms with E-state index in [1.54, 1.807) is 11.3 Å². The molecule has 90 valence electrons. The SMILES string of the molecule is CCc1nc(C2(N)CCOC(C)C2)sc1C. The highest BCUT2D eigenvalue weighted by Gasteiger charge is 2.36. The molecule has 0 aliphatic carbocycles. The van der Waals surface area contributed by atoms with E-state index in [0.29, 0.717) is 0 Å². The molecule has 1 aromatic heterocycles. The van der Waals surface area contributed by atoms with Crippen molar-refractivity contribution >= 4 is 11.3 Å². The maximum Gasteiger partial charge on any atom is 0.113 e. The highest BCUT2D eigenvalue weighted by molar-refractivity contribution is 7.11. The van der Waals surface area contributed by atoms with E-state index in [9.17, 15) is 0 Å². The van der Waals surface area contributed by atoms with Crippen molar-refractivity contribution < 1.29 is 4.74 Å². The van der Waals surface area contributed by atoms with E-state index in [4.69, 9.17) is 15.5 Å². The van der Waals surface area contributed by atoms with Gasteiger partial charge >= 0.3 is 0 Å². The van der Waals surface area contributed by atoms with Crippen LogP contribution in [0, 0.1) is 6.92 Å². The minimum Gasteiger partial charge on any atom is -0.378 e. The second-order valence-corrected chi connectivity index (χ2v) is 5.87. The number of nitrogens with two attached hydrogens (primary N) is 1. The van der Waals surface area contributed by atoms with Crippen molar-refractivity contribution in [2.45, 2.75) is 51.7 Å². The molecule has 1 saturated heterocycles. The van der Waals surface area contributed by atoms with E-state index < -0.39 is 0 Å². The summed E-state index contributed by atoms with van der Waals surface area (Å²) in [5.41, 5.74) is 7.41. The number of aromatic nitrogens is 1. The van der Waals surface area contributed by atoms with Gasteiger partial charge in [0.25, 0.3) is 0 Å². The van der Waals surface area contributed by atoms with E-state index in [1.807, 2.05) is 0 Å². The van der Waals surface area contributed by atoms with Crippen LogP contribution < -0.4 is 5.73 Å². The Hall–Kier alpha value is -0.450. The summed E-state index contributed by atoms with van der Waals surface area (Å²) in [6.45, 7) is 7.10. The van der Waals surface area contributed by atoms with Gasteiger partial charge < -0.3 is 10.5 Å². The molecule has 2 unspecified atom stereocenters. The van der Waals surface area contributed by atoms with Crippen molar-refractivity contribution in [3.8, 4) is 0 Å². The first-order valence-electron chi connectivity index (χ1n) is 5.92. The van der Waals surface area contributed by atoms with Crippen molar-refractivity contribution in [2.75, 3.05) is 6.61 Å². The molecule has 4 heteroatoms. The molecule has 0 bridgehead atoms. The average Bonchev–Trinajstić information content (AvgIpc) is 2.60. The van der Waals surface area contributed by atoms with Gasteiger partial charge in [-0.05, 0) is 33.1 Å². The Labute approximate surface area is 101 Å². The van der Waals surface area contributed by atoms with Crippen LogP contribution in [0.25, 0.3) is 0 Å². The van der Waals surface area contributed by atoms with Gasteiger partial charge in [-0.1, -0.05) is 6.92 Å². The molecule has 2 rings (SSSR count). The van der Waals surface area contributed by atoms with Gasteiger partial charge in [0.2, 0.25) is 0 Å². The molecule has 1 aromatic rings. The molecule has 0 aromatic carbocycles. The predicted molar refractivity (Wildman–Crippen MR) is 66.7 cm³/mol. The van der Waals surface area contributed by atoms with Gasteiger partial charge in [0.05, 0.1) is 17.3 Å². The van der Waals surface area contributed by atoms with Crippen LogP contribution in [-0.4, -0.2) is 17.7 Å². The monoisotopic (exact) mass is 240 g/mol. The molecule has 0 saturated carbocycles. The fraction of sp³-hybridized carbons (Fsp3) is 0.750. The highest BCUT2D eigenvalue weighted by Crippen LogP contribution is 2.35. The van der Waals surface area contributed by atoms with E-state index in [2.05, 4.69) is 20.8 Å². The molecule has 1 fully saturated rings. The number of thiazole rings is 1. The summed E-state index contributed by atoms with van der Waals surface area (Å²) >= 11 is 1.75. The standard InChI is InChI=1S/C12H20N2OS/c1-4-10-9(3)16-11(14-10)12(13)5-6-15-8(2)7-12/h8H,4-7,13H2,1-3H3. The minimum atomic E-state index is -0.263. The second-order valence-electron chi connectivity index (χ2n) is 4.67. The van der Waals surface area contributed by atoms with Gasteiger partial charge in [-0.15, -0.1) is 11.3 Å². The van der Waals surface area contributed by atoms with Gasteiger partial charge in [0.15, 0.2) is 0 Å². The molecule has 2 N–H and O–H groups in total. The Morgan fingerprint density at radius 3 is 2.94 bits per heavy atom.